The minimum Gasteiger partial charge on any atom is -0.478 e. The Morgan fingerprint density at radius 3 is 2.67 bits per heavy atom. The van der Waals surface area contributed by atoms with Gasteiger partial charge in [0, 0.05) is 24.9 Å². The van der Waals surface area contributed by atoms with Crippen LogP contribution in [0.3, 0.4) is 0 Å². The number of nitrogens with zero attached hydrogens (tertiary/aromatic N) is 2. The van der Waals surface area contributed by atoms with Crippen molar-refractivity contribution in [2.75, 3.05) is 0 Å². The SMILES string of the molecule is C=C(Cn1c(=O)ccn(C)c1=O)C(=O)O. The largest absolute Gasteiger partial charge is 0.478 e. The minimum absolute atomic E-state index is 0.208. The molecule has 0 atom stereocenters. The molecule has 6 heteroatoms. The topological polar surface area (TPSA) is 81.3 Å². The van der Waals surface area contributed by atoms with Gasteiger partial charge < -0.3 is 9.67 Å². The second-order valence-corrected chi connectivity index (χ2v) is 3.04. The summed E-state index contributed by atoms with van der Waals surface area (Å²) in [4.78, 5) is 33.2. The highest BCUT2D eigenvalue weighted by atomic mass is 16.4. The predicted molar refractivity (Wildman–Crippen MR) is 52.7 cm³/mol. The van der Waals surface area contributed by atoms with E-state index in [1.54, 1.807) is 0 Å². The lowest BCUT2D eigenvalue weighted by Gasteiger charge is -2.05. The average molecular weight is 210 g/mol. The lowest BCUT2D eigenvalue weighted by atomic mass is 10.3. The monoisotopic (exact) mass is 210 g/mol. The van der Waals surface area contributed by atoms with Crippen molar-refractivity contribution in [3.63, 3.8) is 0 Å². The first-order valence-corrected chi connectivity index (χ1v) is 4.11. The summed E-state index contributed by atoms with van der Waals surface area (Å²) >= 11 is 0. The molecule has 0 aliphatic carbocycles. The number of aliphatic carboxylic acids is 1. The lowest BCUT2D eigenvalue weighted by molar-refractivity contribution is -0.132. The minimum atomic E-state index is -1.23. The van der Waals surface area contributed by atoms with Crippen LogP contribution in [-0.2, 0) is 18.4 Å². The van der Waals surface area contributed by atoms with E-state index < -0.39 is 17.2 Å². The summed E-state index contributed by atoms with van der Waals surface area (Å²) in [6.45, 7) is 2.95. The molecule has 0 aromatic carbocycles. The number of aryl methyl sites for hydroxylation is 1. The van der Waals surface area contributed by atoms with E-state index in [1.165, 1.54) is 23.9 Å². The molecule has 0 aliphatic heterocycles. The van der Waals surface area contributed by atoms with Gasteiger partial charge in [0.25, 0.3) is 5.56 Å². The van der Waals surface area contributed by atoms with Gasteiger partial charge in [0.15, 0.2) is 0 Å². The van der Waals surface area contributed by atoms with Crippen LogP contribution in [0.5, 0.6) is 0 Å². The highest BCUT2D eigenvalue weighted by Crippen LogP contribution is 1.91. The molecule has 15 heavy (non-hydrogen) atoms. The van der Waals surface area contributed by atoms with Gasteiger partial charge in [-0.05, 0) is 0 Å². The summed E-state index contributed by atoms with van der Waals surface area (Å²) in [6, 6.07) is 1.19. The van der Waals surface area contributed by atoms with Crippen molar-refractivity contribution in [2.45, 2.75) is 6.54 Å². The molecule has 0 saturated carbocycles. The fourth-order valence-electron chi connectivity index (χ4n) is 1.02. The van der Waals surface area contributed by atoms with Gasteiger partial charge in [-0.25, -0.2) is 9.59 Å². The molecule has 1 aromatic rings. The zero-order valence-corrected chi connectivity index (χ0v) is 8.14. The Balaban J connectivity index is 3.21. The summed E-state index contributed by atoms with van der Waals surface area (Å²) in [6.07, 6.45) is 1.32. The first-order chi connectivity index (χ1) is 6.93. The molecule has 1 heterocycles. The highest BCUT2D eigenvalue weighted by Gasteiger charge is 2.09. The Morgan fingerprint density at radius 2 is 2.13 bits per heavy atom. The average Bonchev–Trinajstić information content (AvgIpc) is 2.18. The van der Waals surface area contributed by atoms with Crippen molar-refractivity contribution in [3.8, 4) is 0 Å². The number of aromatic nitrogens is 2. The van der Waals surface area contributed by atoms with Crippen LogP contribution in [0.2, 0.25) is 0 Å². The zero-order valence-electron chi connectivity index (χ0n) is 8.14. The van der Waals surface area contributed by atoms with Crippen molar-refractivity contribution in [1.82, 2.24) is 9.13 Å². The van der Waals surface area contributed by atoms with E-state index in [9.17, 15) is 14.4 Å². The summed E-state index contributed by atoms with van der Waals surface area (Å²) < 4.78 is 2.01. The number of hydrogen-bond donors (Lipinski definition) is 1. The Hall–Kier alpha value is -2.11. The van der Waals surface area contributed by atoms with Crippen LogP contribution < -0.4 is 11.2 Å². The highest BCUT2D eigenvalue weighted by molar-refractivity contribution is 5.85. The summed E-state index contributed by atoms with van der Waals surface area (Å²) in [5.74, 6) is -1.23. The second kappa shape index (κ2) is 3.95. The molecule has 0 amide bonds. The molecule has 0 radical (unpaired) electrons. The molecule has 0 bridgehead atoms. The molecule has 80 valence electrons. The number of hydrogen-bond acceptors (Lipinski definition) is 3. The first kappa shape index (κ1) is 11.0. The Morgan fingerprint density at radius 1 is 1.53 bits per heavy atom. The number of carboxylic acids is 1. The van der Waals surface area contributed by atoms with Crippen LogP contribution in [0.1, 0.15) is 0 Å². The fourth-order valence-corrected chi connectivity index (χ4v) is 1.02. The maximum Gasteiger partial charge on any atom is 0.332 e. The molecule has 6 nitrogen and oxygen atoms in total. The molecular weight excluding hydrogens is 200 g/mol. The van der Waals surface area contributed by atoms with Crippen molar-refractivity contribution in [1.29, 1.82) is 0 Å². The van der Waals surface area contributed by atoms with Gasteiger partial charge >= 0.3 is 11.7 Å². The van der Waals surface area contributed by atoms with E-state index in [-0.39, 0.29) is 12.1 Å². The third-order valence-corrected chi connectivity index (χ3v) is 1.89. The van der Waals surface area contributed by atoms with Crippen LogP contribution in [0, 0.1) is 0 Å². The number of rotatable bonds is 3. The van der Waals surface area contributed by atoms with Crippen molar-refractivity contribution < 1.29 is 9.90 Å². The number of carboxylic acid groups (broad SMARTS) is 1. The van der Waals surface area contributed by atoms with Gasteiger partial charge in [-0.2, -0.15) is 0 Å². The molecule has 1 rings (SSSR count). The van der Waals surface area contributed by atoms with E-state index in [1.807, 2.05) is 0 Å². The van der Waals surface area contributed by atoms with Crippen LogP contribution in [-0.4, -0.2) is 20.2 Å². The number of carbonyl (C=O) groups is 1. The molecule has 1 aromatic heterocycles. The summed E-state index contributed by atoms with van der Waals surface area (Å²) in [5, 5.41) is 8.57. The normalized spacial score (nSPS) is 9.93. The third kappa shape index (κ3) is 2.22. The van der Waals surface area contributed by atoms with Crippen molar-refractivity contribution in [3.05, 3.63) is 45.3 Å². The maximum atomic E-state index is 11.4. The first-order valence-electron chi connectivity index (χ1n) is 4.11. The molecule has 0 spiro atoms. The van der Waals surface area contributed by atoms with Gasteiger partial charge in [0.1, 0.15) is 0 Å². The fraction of sp³-hybridized carbons (Fsp3) is 0.222. The quantitative estimate of drug-likeness (QED) is 0.661. The Kier molecular flexibility index (Phi) is 2.89. The van der Waals surface area contributed by atoms with Crippen LogP contribution in [0.4, 0.5) is 0 Å². The standard InChI is InChI=1S/C9H10N2O4/c1-6(8(13)14)5-11-7(12)3-4-10(2)9(11)15/h3-4H,1,5H2,2H3,(H,13,14). The predicted octanol–water partition coefficient (Wildman–Crippen LogP) is -0.812. The summed E-state index contributed by atoms with van der Waals surface area (Å²) in [7, 11) is 1.47. The van der Waals surface area contributed by atoms with Gasteiger partial charge in [0.2, 0.25) is 0 Å². The van der Waals surface area contributed by atoms with Crippen LogP contribution in [0.15, 0.2) is 34.0 Å². The third-order valence-electron chi connectivity index (χ3n) is 1.89. The molecule has 0 unspecified atom stereocenters. The lowest BCUT2D eigenvalue weighted by Crippen LogP contribution is -2.38. The Labute approximate surface area is 84.7 Å². The van der Waals surface area contributed by atoms with E-state index in [0.29, 0.717) is 0 Å². The van der Waals surface area contributed by atoms with Crippen LogP contribution in [0.25, 0.3) is 0 Å². The van der Waals surface area contributed by atoms with E-state index in [2.05, 4.69) is 6.58 Å². The Bertz CT molecular complexity index is 524. The van der Waals surface area contributed by atoms with Gasteiger partial charge in [-0.1, -0.05) is 6.58 Å². The van der Waals surface area contributed by atoms with Crippen LogP contribution >= 0.6 is 0 Å². The zero-order chi connectivity index (χ0) is 11.6. The molecule has 1 N–H and O–H groups in total. The molecular formula is C9H10N2O4. The van der Waals surface area contributed by atoms with Crippen molar-refractivity contribution in [2.24, 2.45) is 7.05 Å². The van der Waals surface area contributed by atoms with E-state index in [4.69, 9.17) is 5.11 Å². The van der Waals surface area contributed by atoms with E-state index in [0.717, 1.165) is 4.57 Å². The molecule has 0 saturated heterocycles. The maximum absolute atomic E-state index is 11.4. The van der Waals surface area contributed by atoms with E-state index >= 15 is 0 Å². The van der Waals surface area contributed by atoms with Gasteiger partial charge in [-0.15, -0.1) is 0 Å². The molecule has 0 fully saturated rings. The summed E-state index contributed by atoms with van der Waals surface area (Å²) in [5.41, 5.74) is -1.31. The molecule has 0 aliphatic rings. The van der Waals surface area contributed by atoms with Gasteiger partial charge in [0.05, 0.1) is 6.54 Å². The van der Waals surface area contributed by atoms with Gasteiger partial charge in [-0.3, -0.25) is 9.36 Å². The second-order valence-electron chi connectivity index (χ2n) is 3.04. The van der Waals surface area contributed by atoms with Crippen molar-refractivity contribution >= 4 is 5.97 Å². The smallest absolute Gasteiger partial charge is 0.332 e.